The quantitative estimate of drug-likeness (QED) is 0.799. The van der Waals surface area contributed by atoms with Crippen molar-refractivity contribution in [2.75, 3.05) is 6.61 Å². The average molecular weight is 297 g/mol. The van der Waals surface area contributed by atoms with Crippen LogP contribution in [0.25, 0.3) is 11.0 Å². The van der Waals surface area contributed by atoms with Crippen LogP contribution in [0.2, 0.25) is 0 Å². The molecule has 0 amide bonds. The van der Waals surface area contributed by atoms with Crippen molar-refractivity contribution in [2.45, 2.75) is 44.2 Å². The van der Waals surface area contributed by atoms with Crippen LogP contribution >= 0.6 is 11.6 Å². The summed E-state index contributed by atoms with van der Waals surface area (Å²) in [5.41, 5.74) is 0.946. The number of halogens is 2. The van der Waals surface area contributed by atoms with E-state index >= 15 is 0 Å². The van der Waals surface area contributed by atoms with Gasteiger partial charge in [-0.1, -0.05) is 6.07 Å². The fourth-order valence-electron chi connectivity index (χ4n) is 2.90. The lowest BCUT2D eigenvalue weighted by Gasteiger charge is -2.25. The first-order valence-corrected chi connectivity index (χ1v) is 7.36. The molecule has 108 valence electrons. The second kappa shape index (κ2) is 5.01. The molecule has 0 saturated carbocycles. The second-order valence-corrected chi connectivity index (χ2v) is 6.34. The molecule has 20 heavy (non-hydrogen) atoms. The minimum absolute atomic E-state index is 0.222. The van der Waals surface area contributed by atoms with Crippen molar-refractivity contribution >= 4 is 22.6 Å². The number of ether oxygens (including phenoxy) is 1. The number of rotatable bonds is 3. The number of hydrogen-bond acceptors (Lipinski definition) is 2. The number of alkyl halides is 1. The molecule has 2 aromatic rings. The zero-order chi connectivity index (χ0) is 14.3. The number of benzene rings is 1. The predicted octanol–water partition coefficient (Wildman–Crippen LogP) is 4.04. The van der Waals surface area contributed by atoms with Gasteiger partial charge >= 0.3 is 0 Å². The lowest BCUT2D eigenvalue weighted by molar-refractivity contribution is 0.00649. The number of para-hydroxylation sites is 1. The van der Waals surface area contributed by atoms with E-state index in [2.05, 4.69) is 11.9 Å². The molecule has 1 aromatic heterocycles. The Morgan fingerprint density at radius 1 is 1.55 bits per heavy atom. The zero-order valence-corrected chi connectivity index (χ0v) is 12.5. The van der Waals surface area contributed by atoms with Gasteiger partial charge in [-0.3, -0.25) is 0 Å². The average Bonchev–Trinajstić information content (AvgIpc) is 2.96. The van der Waals surface area contributed by atoms with Gasteiger partial charge in [0, 0.05) is 6.61 Å². The van der Waals surface area contributed by atoms with E-state index in [1.807, 2.05) is 17.6 Å². The molecule has 2 unspecified atom stereocenters. The molecule has 5 heteroatoms. The van der Waals surface area contributed by atoms with E-state index in [1.54, 1.807) is 6.07 Å². The van der Waals surface area contributed by atoms with Crippen LogP contribution in [0, 0.1) is 5.82 Å². The van der Waals surface area contributed by atoms with E-state index in [0.29, 0.717) is 17.9 Å². The monoisotopic (exact) mass is 296 g/mol. The van der Waals surface area contributed by atoms with Crippen LogP contribution in [0.5, 0.6) is 0 Å². The van der Waals surface area contributed by atoms with Crippen molar-refractivity contribution in [3.05, 3.63) is 29.8 Å². The van der Waals surface area contributed by atoms with Gasteiger partial charge in [-0.05, 0) is 38.8 Å². The lowest BCUT2D eigenvalue weighted by Crippen LogP contribution is -2.30. The summed E-state index contributed by atoms with van der Waals surface area (Å²) in [5, 5.41) is -0.271. The molecule has 0 radical (unpaired) electrons. The molecule has 2 heterocycles. The predicted molar refractivity (Wildman–Crippen MR) is 77.6 cm³/mol. The summed E-state index contributed by atoms with van der Waals surface area (Å²) in [6.45, 7) is 5.38. The Labute approximate surface area is 122 Å². The van der Waals surface area contributed by atoms with Gasteiger partial charge in [0.15, 0.2) is 5.82 Å². The number of imidazole rings is 1. The minimum Gasteiger partial charge on any atom is -0.373 e. The Hall–Kier alpha value is -1.13. The first-order valence-electron chi connectivity index (χ1n) is 6.93. The van der Waals surface area contributed by atoms with Crippen molar-refractivity contribution in [3.8, 4) is 0 Å². The van der Waals surface area contributed by atoms with Crippen LogP contribution in [0.3, 0.4) is 0 Å². The standard InChI is InChI=1S/C15H18ClFN2O/c1-10(16)14-18-13-11(17)5-3-6-12(13)19(14)9-15(2)7-4-8-20-15/h3,5-6,10H,4,7-9H2,1-2H3. The van der Waals surface area contributed by atoms with Crippen molar-refractivity contribution in [1.29, 1.82) is 0 Å². The van der Waals surface area contributed by atoms with E-state index in [9.17, 15) is 4.39 Å². The van der Waals surface area contributed by atoms with Gasteiger partial charge in [0.05, 0.1) is 23.0 Å². The molecule has 0 spiro atoms. The molecule has 1 aliphatic heterocycles. The third-order valence-electron chi connectivity index (χ3n) is 3.91. The fraction of sp³-hybridized carbons (Fsp3) is 0.533. The van der Waals surface area contributed by atoms with E-state index in [4.69, 9.17) is 16.3 Å². The highest BCUT2D eigenvalue weighted by Crippen LogP contribution is 2.32. The smallest absolute Gasteiger partial charge is 0.151 e. The van der Waals surface area contributed by atoms with Gasteiger partial charge in [-0.15, -0.1) is 11.6 Å². The van der Waals surface area contributed by atoms with Crippen LogP contribution in [0.1, 0.15) is 37.9 Å². The first kappa shape index (κ1) is 13.8. The zero-order valence-electron chi connectivity index (χ0n) is 11.7. The van der Waals surface area contributed by atoms with E-state index in [-0.39, 0.29) is 16.8 Å². The van der Waals surface area contributed by atoms with Crippen LogP contribution in [-0.4, -0.2) is 21.8 Å². The van der Waals surface area contributed by atoms with Crippen LogP contribution in [0.15, 0.2) is 18.2 Å². The Morgan fingerprint density at radius 2 is 2.35 bits per heavy atom. The molecule has 0 aliphatic carbocycles. The maximum absolute atomic E-state index is 13.9. The Bertz CT molecular complexity index is 632. The SMILES string of the molecule is CC(Cl)c1nc2c(F)cccc2n1CC1(C)CCCO1. The summed E-state index contributed by atoms with van der Waals surface area (Å²) in [4.78, 5) is 4.39. The topological polar surface area (TPSA) is 27.1 Å². The highest BCUT2D eigenvalue weighted by molar-refractivity contribution is 6.20. The van der Waals surface area contributed by atoms with Crippen LogP contribution in [0.4, 0.5) is 4.39 Å². The molecule has 0 N–H and O–H groups in total. The largest absolute Gasteiger partial charge is 0.373 e. The summed E-state index contributed by atoms with van der Waals surface area (Å²) in [6.07, 6.45) is 2.06. The molecule has 2 atom stereocenters. The number of fused-ring (bicyclic) bond motifs is 1. The minimum atomic E-state index is -0.308. The normalized spacial score (nSPS) is 24.4. The number of aromatic nitrogens is 2. The molecule has 0 bridgehead atoms. The van der Waals surface area contributed by atoms with Gasteiger partial charge < -0.3 is 9.30 Å². The van der Waals surface area contributed by atoms with Crippen LogP contribution < -0.4 is 0 Å². The molecular formula is C15H18ClFN2O. The molecule has 1 fully saturated rings. The summed E-state index contributed by atoms with van der Waals surface area (Å²) in [6, 6.07) is 5.01. The van der Waals surface area contributed by atoms with E-state index in [1.165, 1.54) is 6.07 Å². The highest BCUT2D eigenvalue weighted by Gasteiger charge is 2.32. The maximum Gasteiger partial charge on any atom is 0.151 e. The Kier molecular flexibility index (Phi) is 3.46. The molecule has 3 rings (SSSR count). The van der Waals surface area contributed by atoms with Crippen molar-refractivity contribution in [3.63, 3.8) is 0 Å². The molecular weight excluding hydrogens is 279 g/mol. The van der Waals surface area contributed by atoms with E-state index in [0.717, 1.165) is 25.0 Å². The number of nitrogens with zero attached hydrogens (tertiary/aromatic N) is 2. The summed E-state index contributed by atoms with van der Waals surface area (Å²) < 4.78 is 21.7. The summed E-state index contributed by atoms with van der Waals surface area (Å²) in [7, 11) is 0. The number of hydrogen-bond donors (Lipinski definition) is 0. The van der Waals surface area contributed by atoms with Gasteiger partial charge in [0.2, 0.25) is 0 Å². The second-order valence-electron chi connectivity index (χ2n) is 5.68. The summed E-state index contributed by atoms with van der Waals surface area (Å²) >= 11 is 6.22. The molecule has 1 saturated heterocycles. The molecule has 3 nitrogen and oxygen atoms in total. The van der Waals surface area contributed by atoms with E-state index < -0.39 is 0 Å². The molecule has 1 aliphatic rings. The van der Waals surface area contributed by atoms with Gasteiger partial charge in [-0.25, -0.2) is 9.37 Å². The van der Waals surface area contributed by atoms with Crippen molar-refractivity contribution in [1.82, 2.24) is 9.55 Å². The Morgan fingerprint density at radius 3 is 3.00 bits per heavy atom. The van der Waals surface area contributed by atoms with Crippen LogP contribution in [-0.2, 0) is 11.3 Å². The lowest BCUT2D eigenvalue weighted by atomic mass is 10.0. The van der Waals surface area contributed by atoms with Gasteiger partial charge in [0.1, 0.15) is 11.3 Å². The fourth-order valence-corrected chi connectivity index (χ4v) is 3.06. The highest BCUT2D eigenvalue weighted by atomic mass is 35.5. The van der Waals surface area contributed by atoms with Crippen molar-refractivity contribution in [2.24, 2.45) is 0 Å². The Balaban J connectivity index is 2.12. The summed E-state index contributed by atoms with van der Waals surface area (Å²) in [5.74, 6) is 0.390. The third kappa shape index (κ3) is 2.31. The van der Waals surface area contributed by atoms with Gasteiger partial charge in [-0.2, -0.15) is 0 Å². The third-order valence-corrected chi connectivity index (χ3v) is 4.10. The van der Waals surface area contributed by atoms with Gasteiger partial charge in [0.25, 0.3) is 0 Å². The first-order chi connectivity index (χ1) is 9.50. The van der Waals surface area contributed by atoms with Crippen molar-refractivity contribution < 1.29 is 9.13 Å². The molecule has 1 aromatic carbocycles. The maximum atomic E-state index is 13.9.